The molecule has 0 aliphatic rings. The molecule has 106 valence electrons. The van der Waals surface area contributed by atoms with Crippen LogP contribution in [0.3, 0.4) is 0 Å². The van der Waals surface area contributed by atoms with Crippen molar-refractivity contribution in [3.8, 4) is 0 Å². The minimum Gasteiger partial charge on any atom is -0.480 e. The van der Waals surface area contributed by atoms with Crippen LogP contribution in [0.5, 0.6) is 0 Å². The van der Waals surface area contributed by atoms with Gasteiger partial charge in [-0.2, -0.15) is 0 Å². The van der Waals surface area contributed by atoms with Crippen molar-refractivity contribution in [1.29, 1.82) is 0 Å². The lowest BCUT2D eigenvalue weighted by molar-refractivity contribution is -0.140. The lowest BCUT2D eigenvalue weighted by Crippen LogP contribution is -2.44. The van der Waals surface area contributed by atoms with Gasteiger partial charge in [-0.3, -0.25) is 4.79 Å². The summed E-state index contributed by atoms with van der Waals surface area (Å²) in [7, 11) is 0. The van der Waals surface area contributed by atoms with Gasteiger partial charge in [0.1, 0.15) is 6.04 Å². The van der Waals surface area contributed by atoms with Crippen molar-refractivity contribution in [2.45, 2.75) is 19.9 Å². The molecule has 0 bridgehead atoms. The number of nitrogens with zero attached hydrogens (tertiary/aromatic N) is 1. The van der Waals surface area contributed by atoms with Crippen LogP contribution in [0, 0.1) is 5.92 Å². The Kier molecular flexibility index (Phi) is 3.89. The lowest BCUT2D eigenvalue weighted by atomic mass is 10.0. The number of rotatable bonds is 4. The smallest absolute Gasteiger partial charge is 0.326 e. The van der Waals surface area contributed by atoms with Gasteiger partial charge in [0.25, 0.3) is 5.91 Å². The summed E-state index contributed by atoms with van der Waals surface area (Å²) < 4.78 is 0.798. The average Bonchev–Trinajstić information content (AvgIpc) is 2.73. The van der Waals surface area contributed by atoms with Crippen LogP contribution in [0.2, 0.25) is 0 Å². The number of benzene rings is 1. The molecular weight excluding hydrogens is 278 g/mol. The topological polar surface area (TPSA) is 105 Å². The molecule has 7 heteroatoms. The van der Waals surface area contributed by atoms with Crippen molar-refractivity contribution in [3.05, 3.63) is 23.8 Å². The number of carboxylic acids is 1. The normalized spacial score (nSPS) is 12.6. The van der Waals surface area contributed by atoms with E-state index in [1.165, 1.54) is 11.3 Å². The van der Waals surface area contributed by atoms with Gasteiger partial charge in [-0.05, 0) is 24.1 Å². The molecule has 0 saturated heterocycles. The van der Waals surface area contributed by atoms with E-state index < -0.39 is 17.9 Å². The van der Waals surface area contributed by atoms with Crippen molar-refractivity contribution < 1.29 is 14.7 Å². The first-order chi connectivity index (χ1) is 9.38. The monoisotopic (exact) mass is 293 g/mol. The lowest BCUT2D eigenvalue weighted by Gasteiger charge is -2.17. The van der Waals surface area contributed by atoms with Crippen LogP contribution in [0.15, 0.2) is 18.2 Å². The van der Waals surface area contributed by atoms with Gasteiger partial charge in [0.15, 0.2) is 5.13 Å². The zero-order chi connectivity index (χ0) is 14.9. The number of carboxylic acid groups (broad SMARTS) is 1. The Hall–Kier alpha value is -2.15. The number of fused-ring (bicyclic) bond motifs is 1. The number of nitrogen functional groups attached to an aromatic ring is 1. The zero-order valence-electron chi connectivity index (χ0n) is 11.1. The molecule has 1 amide bonds. The van der Waals surface area contributed by atoms with E-state index in [0.717, 1.165) is 10.2 Å². The van der Waals surface area contributed by atoms with E-state index in [9.17, 15) is 9.59 Å². The number of aromatic nitrogens is 1. The van der Waals surface area contributed by atoms with Crippen LogP contribution in [0.1, 0.15) is 24.2 Å². The molecular formula is C13H15N3O3S. The molecule has 2 rings (SSSR count). The second-order valence-electron chi connectivity index (χ2n) is 4.77. The number of carbonyl (C=O) groups is 2. The second-order valence-corrected chi connectivity index (χ2v) is 5.83. The predicted octanol–water partition coefficient (Wildman–Crippen LogP) is 1.72. The summed E-state index contributed by atoms with van der Waals surface area (Å²) >= 11 is 1.29. The van der Waals surface area contributed by atoms with Gasteiger partial charge in [-0.25, -0.2) is 9.78 Å². The van der Waals surface area contributed by atoms with Crippen LogP contribution in [-0.2, 0) is 4.79 Å². The number of thiazole rings is 1. The SMILES string of the molecule is CC(C)C(NC(=O)c1ccc2nc(N)sc2c1)C(=O)O. The maximum absolute atomic E-state index is 12.1. The number of hydrogen-bond donors (Lipinski definition) is 3. The molecule has 0 radical (unpaired) electrons. The van der Waals surface area contributed by atoms with Gasteiger partial charge in [0.05, 0.1) is 10.2 Å². The second kappa shape index (κ2) is 5.46. The van der Waals surface area contributed by atoms with Crippen molar-refractivity contribution in [1.82, 2.24) is 10.3 Å². The number of anilines is 1. The van der Waals surface area contributed by atoms with Crippen molar-refractivity contribution in [3.63, 3.8) is 0 Å². The number of aliphatic carboxylic acids is 1. The molecule has 2 aromatic rings. The molecule has 0 saturated carbocycles. The van der Waals surface area contributed by atoms with Crippen molar-refractivity contribution in [2.75, 3.05) is 5.73 Å². The van der Waals surface area contributed by atoms with E-state index >= 15 is 0 Å². The molecule has 0 aliphatic heterocycles. The first kappa shape index (κ1) is 14.3. The third-order valence-corrected chi connectivity index (χ3v) is 3.73. The van der Waals surface area contributed by atoms with Crippen molar-refractivity contribution in [2.24, 2.45) is 5.92 Å². The number of hydrogen-bond acceptors (Lipinski definition) is 5. The Morgan fingerprint density at radius 3 is 2.70 bits per heavy atom. The standard InChI is InChI=1S/C13H15N3O3S/c1-6(2)10(12(18)19)16-11(17)7-3-4-8-9(5-7)20-13(14)15-8/h3-6,10H,1-2H3,(H2,14,15)(H,16,17)(H,18,19). The molecule has 6 nitrogen and oxygen atoms in total. The summed E-state index contributed by atoms with van der Waals surface area (Å²) in [6.45, 7) is 3.48. The highest BCUT2D eigenvalue weighted by Gasteiger charge is 2.24. The quantitative estimate of drug-likeness (QED) is 0.796. The van der Waals surface area contributed by atoms with Crippen LogP contribution < -0.4 is 11.1 Å². The van der Waals surface area contributed by atoms with Gasteiger partial charge in [-0.15, -0.1) is 0 Å². The molecule has 1 aromatic heterocycles. The number of amides is 1. The summed E-state index contributed by atoms with van der Waals surface area (Å²) in [6.07, 6.45) is 0. The Bertz CT molecular complexity index is 666. The number of carbonyl (C=O) groups excluding carboxylic acids is 1. The third kappa shape index (κ3) is 2.88. The van der Waals surface area contributed by atoms with E-state index in [1.54, 1.807) is 32.0 Å². The van der Waals surface area contributed by atoms with E-state index in [2.05, 4.69) is 10.3 Å². The highest BCUT2D eigenvalue weighted by molar-refractivity contribution is 7.22. The van der Waals surface area contributed by atoms with Crippen LogP contribution in [0.25, 0.3) is 10.2 Å². The Morgan fingerprint density at radius 1 is 1.40 bits per heavy atom. The molecule has 1 heterocycles. The molecule has 0 fully saturated rings. The first-order valence-corrected chi connectivity index (χ1v) is 6.90. The minimum atomic E-state index is -1.04. The third-order valence-electron chi connectivity index (χ3n) is 2.89. The highest BCUT2D eigenvalue weighted by Crippen LogP contribution is 2.24. The fourth-order valence-electron chi connectivity index (χ4n) is 1.82. The summed E-state index contributed by atoms with van der Waals surface area (Å²) in [4.78, 5) is 27.3. The predicted molar refractivity (Wildman–Crippen MR) is 77.8 cm³/mol. The highest BCUT2D eigenvalue weighted by atomic mass is 32.1. The van der Waals surface area contributed by atoms with E-state index in [1.807, 2.05) is 0 Å². The zero-order valence-corrected chi connectivity index (χ0v) is 11.9. The van der Waals surface area contributed by atoms with Crippen LogP contribution in [0.4, 0.5) is 5.13 Å². The van der Waals surface area contributed by atoms with Crippen LogP contribution in [-0.4, -0.2) is 28.0 Å². The Balaban J connectivity index is 2.24. The molecule has 0 spiro atoms. The fourth-order valence-corrected chi connectivity index (χ4v) is 2.60. The summed E-state index contributed by atoms with van der Waals surface area (Å²) in [5, 5.41) is 12.0. The van der Waals surface area contributed by atoms with Gasteiger partial charge in [0, 0.05) is 5.56 Å². The van der Waals surface area contributed by atoms with E-state index in [4.69, 9.17) is 10.8 Å². The molecule has 20 heavy (non-hydrogen) atoms. The summed E-state index contributed by atoms with van der Waals surface area (Å²) in [5.74, 6) is -1.66. The minimum absolute atomic E-state index is 0.195. The maximum atomic E-state index is 12.1. The largest absolute Gasteiger partial charge is 0.480 e. The van der Waals surface area contributed by atoms with E-state index in [-0.39, 0.29) is 5.92 Å². The molecule has 0 aliphatic carbocycles. The molecule has 4 N–H and O–H groups in total. The van der Waals surface area contributed by atoms with Gasteiger partial charge in [-0.1, -0.05) is 25.2 Å². The van der Waals surface area contributed by atoms with Crippen molar-refractivity contribution >= 4 is 38.6 Å². The molecule has 1 atom stereocenters. The first-order valence-electron chi connectivity index (χ1n) is 6.08. The molecule has 1 unspecified atom stereocenters. The van der Waals surface area contributed by atoms with E-state index in [0.29, 0.717) is 10.7 Å². The maximum Gasteiger partial charge on any atom is 0.326 e. The fraction of sp³-hybridized carbons (Fsp3) is 0.308. The Labute approximate surface area is 119 Å². The summed E-state index contributed by atoms with van der Waals surface area (Å²) in [5.41, 5.74) is 6.73. The molecule has 1 aromatic carbocycles. The van der Waals surface area contributed by atoms with Gasteiger partial charge in [0.2, 0.25) is 0 Å². The van der Waals surface area contributed by atoms with Gasteiger partial charge >= 0.3 is 5.97 Å². The number of nitrogens with two attached hydrogens (primary N) is 1. The summed E-state index contributed by atoms with van der Waals surface area (Å²) in [6, 6.07) is 4.06. The van der Waals surface area contributed by atoms with Gasteiger partial charge < -0.3 is 16.2 Å². The average molecular weight is 293 g/mol. The number of nitrogens with one attached hydrogen (secondary N) is 1. The Morgan fingerprint density at radius 2 is 2.10 bits per heavy atom. The van der Waals surface area contributed by atoms with Crippen LogP contribution >= 0.6 is 11.3 Å².